The van der Waals surface area contributed by atoms with Gasteiger partial charge in [0.2, 0.25) is 5.95 Å². The van der Waals surface area contributed by atoms with Crippen LogP contribution in [0.4, 0.5) is 17.5 Å². The van der Waals surface area contributed by atoms with Crippen molar-refractivity contribution in [3.05, 3.63) is 53.6 Å². The Labute approximate surface area is 195 Å². The highest BCUT2D eigenvalue weighted by atomic mass is 16.5. The van der Waals surface area contributed by atoms with Gasteiger partial charge in [0, 0.05) is 29.6 Å². The molecular formula is C23H26N6O5. The Bertz CT molecular complexity index is 1200. The first-order valence-electron chi connectivity index (χ1n) is 10.4. The van der Waals surface area contributed by atoms with Crippen molar-refractivity contribution < 1.29 is 23.9 Å². The summed E-state index contributed by atoms with van der Waals surface area (Å²) in [5.74, 6) is -1.18. The molecule has 0 aliphatic carbocycles. The first-order valence-corrected chi connectivity index (χ1v) is 10.4. The number of nitrogens with one attached hydrogen (secondary N) is 2. The van der Waals surface area contributed by atoms with Gasteiger partial charge in [0.05, 0.1) is 19.7 Å². The predicted molar refractivity (Wildman–Crippen MR) is 127 cm³/mol. The van der Waals surface area contributed by atoms with E-state index in [4.69, 9.17) is 16.2 Å². The van der Waals surface area contributed by atoms with Gasteiger partial charge in [-0.2, -0.15) is 4.98 Å². The molecule has 3 aromatic rings. The number of anilines is 3. The van der Waals surface area contributed by atoms with Gasteiger partial charge in [-0.1, -0.05) is 12.1 Å². The summed E-state index contributed by atoms with van der Waals surface area (Å²) >= 11 is 0. The summed E-state index contributed by atoms with van der Waals surface area (Å²) in [6, 6.07) is 11.3. The van der Waals surface area contributed by atoms with E-state index in [1.54, 1.807) is 24.3 Å². The SMILES string of the molecule is COC(=O)CCC(NC(=O)c1ccc(NCc2cccc3nc(N)nc(N)c23)cc1)C(=O)OC. The Hall–Kier alpha value is -4.41. The molecular weight excluding hydrogens is 440 g/mol. The monoisotopic (exact) mass is 466 g/mol. The fraction of sp³-hybridized carbons (Fsp3) is 0.261. The number of benzene rings is 2. The molecule has 34 heavy (non-hydrogen) atoms. The van der Waals surface area contributed by atoms with Crippen LogP contribution in [0.1, 0.15) is 28.8 Å². The quantitative estimate of drug-likeness (QED) is 0.340. The van der Waals surface area contributed by atoms with Gasteiger partial charge in [0.15, 0.2) is 0 Å². The normalized spacial score (nSPS) is 11.5. The third-order valence-corrected chi connectivity index (χ3v) is 5.14. The minimum absolute atomic E-state index is 0.0320. The second-order valence-corrected chi connectivity index (χ2v) is 7.37. The summed E-state index contributed by atoms with van der Waals surface area (Å²) in [6.07, 6.45) is 0.0317. The lowest BCUT2D eigenvalue weighted by Gasteiger charge is -2.16. The third kappa shape index (κ3) is 5.88. The van der Waals surface area contributed by atoms with E-state index in [1.165, 1.54) is 14.2 Å². The number of fused-ring (bicyclic) bond motifs is 1. The number of hydrogen-bond donors (Lipinski definition) is 4. The van der Waals surface area contributed by atoms with Crippen LogP contribution >= 0.6 is 0 Å². The van der Waals surface area contributed by atoms with Crippen molar-refractivity contribution in [1.29, 1.82) is 0 Å². The Morgan fingerprint density at radius 3 is 2.41 bits per heavy atom. The van der Waals surface area contributed by atoms with Crippen molar-refractivity contribution in [2.24, 2.45) is 0 Å². The summed E-state index contributed by atoms with van der Waals surface area (Å²) in [4.78, 5) is 44.2. The number of hydrogen-bond acceptors (Lipinski definition) is 10. The zero-order valence-corrected chi connectivity index (χ0v) is 18.8. The molecule has 11 heteroatoms. The Kier molecular flexibility index (Phi) is 7.80. The van der Waals surface area contributed by atoms with E-state index in [9.17, 15) is 14.4 Å². The standard InChI is InChI=1S/C23H26N6O5/c1-33-18(30)11-10-17(22(32)34-2)27-21(31)13-6-8-15(9-7-13)26-12-14-4-3-5-16-19(14)20(24)29-23(25)28-16/h3-9,17,26H,10-12H2,1-2H3,(H,27,31)(H4,24,25,28,29). The van der Waals surface area contributed by atoms with Crippen molar-refractivity contribution in [1.82, 2.24) is 15.3 Å². The molecule has 1 heterocycles. The van der Waals surface area contributed by atoms with Crippen LogP contribution in [0.25, 0.3) is 10.9 Å². The number of rotatable bonds is 9. The lowest BCUT2D eigenvalue weighted by atomic mass is 10.1. The number of nitrogens with zero attached hydrogens (tertiary/aromatic N) is 2. The molecule has 3 rings (SSSR count). The van der Waals surface area contributed by atoms with E-state index in [0.29, 0.717) is 23.4 Å². The largest absolute Gasteiger partial charge is 0.469 e. The maximum atomic E-state index is 12.6. The number of amides is 1. The molecule has 0 saturated heterocycles. The minimum Gasteiger partial charge on any atom is -0.469 e. The molecule has 1 amide bonds. The van der Waals surface area contributed by atoms with Gasteiger partial charge in [0.1, 0.15) is 11.9 Å². The third-order valence-electron chi connectivity index (χ3n) is 5.14. The highest BCUT2D eigenvalue weighted by Crippen LogP contribution is 2.24. The number of ether oxygens (including phenoxy) is 2. The number of methoxy groups -OCH3 is 2. The van der Waals surface area contributed by atoms with Gasteiger partial charge < -0.3 is 31.6 Å². The van der Waals surface area contributed by atoms with Crippen LogP contribution in [-0.4, -0.2) is 48.1 Å². The van der Waals surface area contributed by atoms with Crippen molar-refractivity contribution in [2.45, 2.75) is 25.4 Å². The molecule has 6 N–H and O–H groups in total. The Morgan fingerprint density at radius 2 is 1.74 bits per heavy atom. The van der Waals surface area contributed by atoms with Crippen molar-refractivity contribution in [2.75, 3.05) is 31.0 Å². The zero-order chi connectivity index (χ0) is 24.7. The number of nitrogen functional groups attached to an aromatic ring is 2. The molecule has 178 valence electrons. The van der Waals surface area contributed by atoms with E-state index in [2.05, 4.69) is 25.3 Å². The molecule has 0 saturated carbocycles. The van der Waals surface area contributed by atoms with E-state index >= 15 is 0 Å². The van der Waals surface area contributed by atoms with Crippen LogP contribution in [-0.2, 0) is 25.6 Å². The summed E-state index contributed by atoms with van der Waals surface area (Å²) in [7, 11) is 2.47. The highest BCUT2D eigenvalue weighted by molar-refractivity contribution is 5.97. The van der Waals surface area contributed by atoms with Crippen molar-refractivity contribution in [3.8, 4) is 0 Å². The van der Waals surface area contributed by atoms with Crippen molar-refractivity contribution >= 4 is 46.2 Å². The molecule has 1 aromatic heterocycles. The fourth-order valence-corrected chi connectivity index (χ4v) is 3.38. The van der Waals surface area contributed by atoms with Crippen LogP contribution in [0.15, 0.2) is 42.5 Å². The number of nitrogens with two attached hydrogens (primary N) is 2. The first kappa shape index (κ1) is 24.2. The summed E-state index contributed by atoms with van der Waals surface area (Å²) in [6.45, 7) is 0.443. The van der Waals surface area contributed by atoms with Crippen LogP contribution in [0.3, 0.4) is 0 Å². The maximum absolute atomic E-state index is 12.6. The molecule has 2 aromatic carbocycles. The molecule has 11 nitrogen and oxygen atoms in total. The molecule has 0 fully saturated rings. The van der Waals surface area contributed by atoms with E-state index in [0.717, 1.165) is 16.6 Å². The number of aromatic nitrogens is 2. The average Bonchev–Trinajstić information content (AvgIpc) is 2.84. The van der Waals surface area contributed by atoms with Crippen LogP contribution in [0.2, 0.25) is 0 Å². The van der Waals surface area contributed by atoms with Crippen LogP contribution in [0.5, 0.6) is 0 Å². The van der Waals surface area contributed by atoms with Gasteiger partial charge >= 0.3 is 11.9 Å². The lowest BCUT2D eigenvalue weighted by Crippen LogP contribution is -2.41. The predicted octanol–water partition coefficient (Wildman–Crippen LogP) is 1.63. The second-order valence-electron chi connectivity index (χ2n) is 7.37. The summed E-state index contributed by atoms with van der Waals surface area (Å²) in [5.41, 5.74) is 14.4. The smallest absolute Gasteiger partial charge is 0.328 e. The first-order chi connectivity index (χ1) is 16.3. The lowest BCUT2D eigenvalue weighted by molar-refractivity contribution is -0.144. The van der Waals surface area contributed by atoms with Gasteiger partial charge in [-0.05, 0) is 42.3 Å². The Morgan fingerprint density at radius 1 is 1.00 bits per heavy atom. The average molecular weight is 466 g/mol. The van der Waals surface area contributed by atoms with Crippen LogP contribution in [0, 0.1) is 0 Å². The van der Waals surface area contributed by atoms with Crippen molar-refractivity contribution in [3.63, 3.8) is 0 Å². The van der Waals surface area contributed by atoms with Gasteiger partial charge in [0.25, 0.3) is 5.91 Å². The molecule has 0 bridgehead atoms. The number of esters is 2. The molecule has 0 aliphatic heterocycles. The maximum Gasteiger partial charge on any atom is 0.328 e. The van der Waals surface area contributed by atoms with E-state index in [1.807, 2.05) is 18.2 Å². The van der Waals surface area contributed by atoms with Gasteiger partial charge in [-0.15, -0.1) is 0 Å². The number of carbonyl (C=O) groups excluding carboxylic acids is 3. The molecule has 1 atom stereocenters. The molecule has 0 radical (unpaired) electrons. The molecule has 0 spiro atoms. The molecule has 0 aliphatic rings. The summed E-state index contributed by atoms with van der Waals surface area (Å²) in [5, 5.41) is 6.58. The highest BCUT2D eigenvalue weighted by Gasteiger charge is 2.23. The fourth-order valence-electron chi connectivity index (χ4n) is 3.38. The number of carbonyl (C=O) groups is 3. The minimum atomic E-state index is -0.970. The van der Waals surface area contributed by atoms with Gasteiger partial charge in [-0.3, -0.25) is 9.59 Å². The van der Waals surface area contributed by atoms with E-state index < -0.39 is 23.9 Å². The topological polar surface area (TPSA) is 172 Å². The van der Waals surface area contributed by atoms with Crippen LogP contribution < -0.4 is 22.1 Å². The zero-order valence-electron chi connectivity index (χ0n) is 18.8. The Balaban J connectivity index is 1.65. The molecule has 1 unspecified atom stereocenters. The summed E-state index contributed by atoms with van der Waals surface area (Å²) < 4.78 is 9.29. The second kappa shape index (κ2) is 10.9. The van der Waals surface area contributed by atoms with Gasteiger partial charge in [-0.25, -0.2) is 9.78 Å². The van der Waals surface area contributed by atoms with E-state index in [-0.39, 0.29) is 18.8 Å².